The van der Waals surface area contributed by atoms with Crippen LogP contribution in [-0.4, -0.2) is 36.2 Å². The van der Waals surface area contributed by atoms with Gasteiger partial charge in [0, 0.05) is 37.8 Å². The van der Waals surface area contributed by atoms with Crippen LogP contribution in [0.4, 0.5) is 0 Å². The van der Waals surface area contributed by atoms with Gasteiger partial charge in [0.15, 0.2) is 0 Å². The minimum absolute atomic E-state index is 0.393. The Labute approximate surface area is 116 Å². The first-order chi connectivity index (χ1) is 8.77. The Morgan fingerprint density at radius 2 is 2.00 bits per heavy atom. The summed E-state index contributed by atoms with van der Waals surface area (Å²) < 4.78 is 0.806. The lowest BCUT2D eigenvalue weighted by Crippen LogP contribution is -2.45. The maximum atomic E-state index is 10.3. The molecule has 0 aromatic heterocycles. The van der Waals surface area contributed by atoms with Crippen LogP contribution in [0, 0.1) is 5.92 Å². The van der Waals surface area contributed by atoms with Crippen LogP contribution < -0.4 is 5.32 Å². The number of aromatic hydroxyl groups is 1. The number of halogens is 1. The van der Waals surface area contributed by atoms with Crippen molar-refractivity contribution in [1.82, 2.24) is 10.2 Å². The first-order valence-electron chi connectivity index (χ1n) is 6.69. The minimum atomic E-state index is 0.393. The fraction of sp³-hybridized carbons (Fsp3) is 0.571. The molecule has 1 saturated carbocycles. The van der Waals surface area contributed by atoms with Crippen LogP contribution in [0.5, 0.6) is 5.75 Å². The van der Waals surface area contributed by atoms with E-state index in [0.29, 0.717) is 11.8 Å². The van der Waals surface area contributed by atoms with E-state index in [9.17, 15) is 5.11 Å². The zero-order valence-electron chi connectivity index (χ0n) is 10.4. The number of piperazine rings is 1. The van der Waals surface area contributed by atoms with Crippen molar-refractivity contribution in [3.05, 3.63) is 28.2 Å². The van der Waals surface area contributed by atoms with Gasteiger partial charge < -0.3 is 10.4 Å². The lowest BCUT2D eigenvalue weighted by molar-refractivity contribution is 0.153. The number of hydrogen-bond donors (Lipinski definition) is 2. The summed E-state index contributed by atoms with van der Waals surface area (Å²) in [6, 6.07) is 6.40. The third-order valence-electron chi connectivity index (χ3n) is 3.95. The number of phenolic OH excluding ortho intramolecular Hbond substituents is 1. The Morgan fingerprint density at radius 1 is 1.28 bits per heavy atom. The van der Waals surface area contributed by atoms with Gasteiger partial charge in [-0.2, -0.15) is 0 Å². The molecule has 2 aliphatic rings. The monoisotopic (exact) mass is 310 g/mol. The third kappa shape index (κ3) is 2.42. The predicted molar refractivity (Wildman–Crippen MR) is 75.7 cm³/mol. The summed E-state index contributed by atoms with van der Waals surface area (Å²) in [4.78, 5) is 2.52. The summed E-state index contributed by atoms with van der Waals surface area (Å²) in [5.74, 6) is 1.15. The average molecular weight is 311 g/mol. The molecule has 3 nitrogen and oxygen atoms in total. The molecule has 1 heterocycles. The first-order valence-corrected chi connectivity index (χ1v) is 7.49. The Balaban J connectivity index is 1.90. The molecule has 2 N–H and O–H groups in total. The van der Waals surface area contributed by atoms with Crippen molar-refractivity contribution < 1.29 is 5.11 Å². The Bertz CT molecular complexity index is 428. The molecule has 1 aliphatic heterocycles. The molecule has 1 aromatic rings. The molecule has 1 atom stereocenters. The Kier molecular flexibility index (Phi) is 3.59. The molecule has 0 amide bonds. The molecule has 0 radical (unpaired) electrons. The van der Waals surface area contributed by atoms with Crippen LogP contribution >= 0.6 is 15.9 Å². The number of rotatable bonds is 3. The largest absolute Gasteiger partial charge is 0.506 e. The van der Waals surface area contributed by atoms with Crippen LogP contribution in [0.1, 0.15) is 24.4 Å². The normalized spacial score (nSPS) is 22.9. The molecular formula is C14H19BrN2O. The van der Waals surface area contributed by atoms with Crippen molar-refractivity contribution in [3.8, 4) is 5.75 Å². The van der Waals surface area contributed by atoms with E-state index in [0.717, 1.165) is 42.1 Å². The van der Waals surface area contributed by atoms with Gasteiger partial charge in [-0.15, -0.1) is 0 Å². The summed E-state index contributed by atoms with van der Waals surface area (Å²) in [5, 5.41) is 13.7. The van der Waals surface area contributed by atoms with Crippen molar-refractivity contribution in [2.24, 2.45) is 5.92 Å². The average Bonchev–Trinajstić information content (AvgIpc) is 3.21. The fourth-order valence-corrected chi connectivity index (χ4v) is 3.27. The summed E-state index contributed by atoms with van der Waals surface area (Å²) in [7, 11) is 0. The molecule has 18 heavy (non-hydrogen) atoms. The van der Waals surface area contributed by atoms with Crippen LogP contribution in [0.25, 0.3) is 0 Å². The van der Waals surface area contributed by atoms with E-state index in [1.165, 1.54) is 12.8 Å². The summed E-state index contributed by atoms with van der Waals surface area (Å²) in [6.45, 7) is 4.26. The van der Waals surface area contributed by atoms with Crippen molar-refractivity contribution in [2.75, 3.05) is 26.2 Å². The number of nitrogens with zero attached hydrogens (tertiary/aromatic N) is 1. The molecule has 0 spiro atoms. The number of nitrogens with one attached hydrogen (secondary N) is 1. The van der Waals surface area contributed by atoms with Crippen molar-refractivity contribution in [3.63, 3.8) is 0 Å². The summed E-state index contributed by atoms with van der Waals surface area (Å²) >= 11 is 3.43. The van der Waals surface area contributed by atoms with E-state index in [1.807, 2.05) is 12.1 Å². The maximum Gasteiger partial charge on any atom is 0.134 e. The molecule has 1 aliphatic carbocycles. The topological polar surface area (TPSA) is 35.5 Å². The smallest absolute Gasteiger partial charge is 0.134 e. The second kappa shape index (κ2) is 5.19. The van der Waals surface area contributed by atoms with E-state index < -0.39 is 0 Å². The first kappa shape index (κ1) is 12.5. The van der Waals surface area contributed by atoms with Crippen molar-refractivity contribution in [1.29, 1.82) is 0 Å². The molecule has 98 valence electrons. The molecule has 1 saturated heterocycles. The maximum absolute atomic E-state index is 10.3. The summed E-state index contributed by atoms with van der Waals surface area (Å²) in [6.07, 6.45) is 2.58. The van der Waals surface area contributed by atoms with Gasteiger partial charge in [0.2, 0.25) is 0 Å². The highest BCUT2D eigenvalue weighted by Gasteiger charge is 2.38. The SMILES string of the molecule is Oc1c(Br)cccc1[C@@H](C1CC1)N1CCNCC1. The number of phenols is 1. The zero-order chi connectivity index (χ0) is 12.5. The molecule has 1 aromatic carbocycles. The molecule has 0 bridgehead atoms. The van der Waals surface area contributed by atoms with E-state index in [2.05, 4.69) is 32.2 Å². The van der Waals surface area contributed by atoms with Crippen molar-refractivity contribution >= 4 is 15.9 Å². The minimum Gasteiger partial charge on any atom is -0.506 e. The van der Waals surface area contributed by atoms with Gasteiger partial charge in [0.1, 0.15) is 5.75 Å². The van der Waals surface area contributed by atoms with Crippen molar-refractivity contribution in [2.45, 2.75) is 18.9 Å². The Hall–Kier alpha value is -0.580. The zero-order valence-corrected chi connectivity index (χ0v) is 12.0. The van der Waals surface area contributed by atoms with E-state index >= 15 is 0 Å². The highest BCUT2D eigenvalue weighted by molar-refractivity contribution is 9.10. The van der Waals surface area contributed by atoms with Gasteiger partial charge >= 0.3 is 0 Å². The number of hydrogen-bond acceptors (Lipinski definition) is 3. The summed E-state index contributed by atoms with van der Waals surface area (Å²) in [5.41, 5.74) is 1.09. The quantitative estimate of drug-likeness (QED) is 0.900. The highest BCUT2D eigenvalue weighted by Crippen LogP contribution is 2.48. The van der Waals surface area contributed by atoms with Gasteiger partial charge in [-0.25, -0.2) is 0 Å². The standard InChI is InChI=1S/C14H19BrN2O/c15-12-3-1-2-11(14(12)18)13(10-4-5-10)17-8-6-16-7-9-17/h1-3,10,13,16,18H,4-9H2/t13-/m1/s1. The lowest BCUT2D eigenvalue weighted by Gasteiger charge is -2.35. The van der Waals surface area contributed by atoms with Crippen LogP contribution in [-0.2, 0) is 0 Å². The highest BCUT2D eigenvalue weighted by atomic mass is 79.9. The van der Waals surface area contributed by atoms with E-state index in [4.69, 9.17) is 0 Å². The van der Waals surface area contributed by atoms with Gasteiger partial charge in [-0.1, -0.05) is 12.1 Å². The van der Waals surface area contributed by atoms with Gasteiger partial charge in [0.25, 0.3) is 0 Å². The lowest BCUT2D eigenvalue weighted by atomic mass is 9.99. The van der Waals surface area contributed by atoms with Gasteiger partial charge in [-0.05, 0) is 40.8 Å². The number of para-hydroxylation sites is 1. The molecule has 3 rings (SSSR count). The van der Waals surface area contributed by atoms with Crippen LogP contribution in [0.2, 0.25) is 0 Å². The van der Waals surface area contributed by atoms with E-state index in [1.54, 1.807) is 0 Å². The second-order valence-corrected chi connectivity index (χ2v) is 6.10. The molecule has 2 fully saturated rings. The third-order valence-corrected chi connectivity index (χ3v) is 4.59. The van der Waals surface area contributed by atoms with Gasteiger partial charge in [-0.3, -0.25) is 4.90 Å². The number of benzene rings is 1. The van der Waals surface area contributed by atoms with E-state index in [-0.39, 0.29) is 0 Å². The van der Waals surface area contributed by atoms with Crippen LogP contribution in [0.3, 0.4) is 0 Å². The van der Waals surface area contributed by atoms with Crippen LogP contribution in [0.15, 0.2) is 22.7 Å². The Morgan fingerprint density at radius 3 is 2.67 bits per heavy atom. The molecule has 4 heteroatoms. The van der Waals surface area contributed by atoms with Gasteiger partial charge in [0.05, 0.1) is 4.47 Å². The second-order valence-electron chi connectivity index (χ2n) is 5.25. The molecule has 0 unspecified atom stereocenters. The molecular weight excluding hydrogens is 292 g/mol. The predicted octanol–water partition coefficient (Wildman–Crippen LogP) is 2.51. The fourth-order valence-electron chi connectivity index (χ4n) is 2.89.